The molecule has 8 heteroatoms. The summed E-state index contributed by atoms with van der Waals surface area (Å²) in [7, 11) is -0.623. The Bertz CT molecular complexity index is 1140. The number of nitrogens with zero attached hydrogens (tertiary/aromatic N) is 2. The Kier molecular flexibility index (Phi) is 5.17. The van der Waals surface area contributed by atoms with Crippen molar-refractivity contribution in [2.24, 2.45) is 0 Å². The van der Waals surface area contributed by atoms with Crippen LogP contribution in [-0.4, -0.2) is 56.4 Å². The lowest BCUT2D eigenvalue weighted by Crippen LogP contribution is -2.67. The SMILES string of the molecule is COc1cc2c(c(OC)c1)C1C3CCCC(C(=O)N1CC2)N3S(=O)(=O)c1ccc(C)cc1. The molecule has 1 amide bonds. The summed E-state index contributed by atoms with van der Waals surface area (Å²) >= 11 is 0. The lowest BCUT2D eigenvalue weighted by Gasteiger charge is -2.54. The van der Waals surface area contributed by atoms with E-state index in [-0.39, 0.29) is 22.9 Å². The minimum absolute atomic E-state index is 0.106. The number of amides is 1. The normalized spacial score (nSPS) is 25.2. The van der Waals surface area contributed by atoms with Gasteiger partial charge < -0.3 is 14.4 Å². The Balaban J connectivity index is 1.66. The van der Waals surface area contributed by atoms with E-state index < -0.39 is 16.1 Å². The van der Waals surface area contributed by atoms with Crippen LogP contribution in [0, 0.1) is 6.92 Å². The average molecular weight is 457 g/mol. The highest BCUT2D eigenvalue weighted by atomic mass is 32.2. The van der Waals surface area contributed by atoms with Gasteiger partial charge in [-0.25, -0.2) is 8.42 Å². The second-order valence-corrected chi connectivity index (χ2v) is 10.6. The molecule has 2 saturated heterocycles. The molecule has 0 aromatic heterocycles. The van der Waals surface area contributed by atoms with Crippen molar-refractivity contribution >= 4 is 15.9 Å². The number of fused-ring (bicyclic) bond motifs is 6. The third-order valence-electron chi connectivity index (χ3n) is 7.05. The summed E-state index contributed by atoms with van der Waals surface area (Å²) in [6.07, 6.45) is 2.76. The molecule has 7 nitrogen and oxygen atoms in total. The molecule has 0 N–H and O–H groups in total. The Hall–Kier alpha value is -2.58. The van der Waals surface area contributed by atoms with E-state index in [0.717, 1.165) is 23.1 Å². The van der Waals surface area contributed by atoms with E-state index >= 15 is 0 Å². The smallest absolute Gasteiger partial charge is 0.244 e. The van der Waals surface area contributed by atoms with Crippen molar-refractivity contribution in [1.29, 1.82) is 0 Å². The van der Waals surface area contributed by atoms with Gasteiger partial charge in [-0.15, -0.1) is 0 Å². The summed E-state index contributed by atoms with van der Waals surface area (Å²) in [5.74, 6) is 1.23. The Morgan fingerprint density at radius 1 is 1.03 bits per heavy atom. The molecule has 0 spiro atoms. The third-order valence-corrected chi connectivity index (χ3v) is 9.00. The number of benzene rings is 2. The second kappa shape index (κ2) is 7.78. The van der Waals surface area contributed by atoms with Crippen molar-refractivity contribution in [3.63, 3.8) is 0 Å². The van der Waals surface area contributed by atoms with Crippen molar-refractivity contribution in [3.05, 3.63) is 53.1 Å². The van der Waals surface area contributed by atoms with Crippen molar-refractivity contribution in [2.45, 2.75) is 55.6 Å². The largest absolute Gasteiger partial charge is 0.497 e. The van der Waals surface area contributed by atoms with Gasteiger partial charge >= 0.3 is 0 Å². The molecule has 3 unspecified atom stereocenters. The first kappa shape index (κ1) is 21.3. The van der Waals surface area contributed by atoms with Gasteiger partial charge in [-0.1, -0.05) is 17.7 Å². The molecule has 2 fully saturated rings. The fraction of sp³-hybridized carbons (Fsp3) is 0.458. The first-order chi connectivity index (χ1) is 15.4. The average Bonchev–Trinajstić information content (AvgIpc) is 2.81. The van der Waals surface area contributed by atoms with Gasteiger partial charge in [0, 0.05) is 18.2 Å². The third kappa shape index (κ3) is 3.11. The Morgan fingerprint density at radius 2 is 1.78 bits per heavy atom. The van der Waals surface area contributed by atoms with Crippen LogP contribution in [-0.2, 0) is 21.2 Å². The van der Waals surface area contributed by atoms with Crippen LogP contribution in [0.5, 0.6) is 11.5 Å². The predicted octanol–water partition coefficient (Wildman–Crippen LogP) is 3.06. The highest BCUT2D eigenvalue weighted by Gasteiger charge is 2.55. The van der Waals surface area contributed by atoms with Gasteiger partial charge in [0.1, 0.15) is 17.5 Å². The number of piperazine rings is 1. The standard InChI is InChI=1S/C24H28N2O5S/c1-15-7-9-18(10-8-15)32(28,29)26-19-5-4-6-20(26)24(27)25-12-11-16-13-17(30-2)14-21(31-3)22(16)23(19)25/h7-10,13-14,19-20,23H,4-6,11-12H2,1-3H3. The number of carbonyl (C=O) groups excluding carboxylic acids is 1. The molecule has 2 aromatic rings. The van der Waals surface area contributed by atoms with Gasteiger partial charge in [0.25, 0.3) is 0 Å². The van der Waals surface area contributed by atoms with Crippen LogP contribution < -0.4 is 9.47 Å². The van der Waals surface area contributed by atoms with E-state index in [1.165, 1.54) is 4.31 Å². The fourth-order valence-electron chi connectivity index (χ4n) is 5.57. The molecular formula is C24H28N2O5S. The quantitative estimate of drug-likeness (QED) is 0.707. The molecule has 3 heterocycles. The summed E-state index contributed by atoms with van der Waals surface area (Å²) in [5.41, 5.74) is 2.94. The second-order valence-electron chi connectivity index (χ2n) is 8.79. The zero-order chi connectivity index (χ0) is 22.6. The van der Waals surface area contributed by atoms with Crippen LogP contribution in [0.1, 0.15) is 42.0 Å². The fourth-order valence-corrected chi connectivity index (χ4v) is 7.40. The molecule has 0 radical (unpaired) electrons. The van der Waals surface area contributed by atoms with Crippen molar-refractivity contribution in [2.75, 3.05) is 20.8 Å². The predicted molar refractivity (Wildman–Crippen MR) is 119 cm³/mol. The van der Waals surface area contributed by atoms with E-state index in [1.807, 2.05) is 24.0 Å². The van der Waals surface area contributed by atoms with Gasteiger partial charge in [-0.2, -0.15) is 4.31 Å². The summed E-state index contributed by atoms with van der Waals surface area (Å²) in [6, 6.07) is 9.31. The summed E-state index contributed by atoms with van der Waals surface area (Å²) in [6.45, 7) is 2.49. The monoisotopic (exact) mass is 456 g/mol. The van der Waals surface area contributed by atoms with Crippen LogP contribution in [0.4, 0.5) is 0 Å². The number of methoxy groups -OCH3 is 2. The van der Waals surface area contributed by atoms with E-state index in [0.29, 0.717) is 37.3 Å². The van der Waals surface area contributed by atoms with Crippen LogP contribution in [0.2, 0.25) is 0 Å². The van der Waals surface area contributed by atoms with Gasteiger partial charge in [-0.05, 0) is 56.4 Å². The van der Waals surface area contributed by atoms with E-state index in [4.69, 9.17) is 9.47 Å². The molecule has 3 aliphatic rings. The van der Waals surface area contributed by atoms with E-state index in [1.54, 1.807) is 38.5 Å². The lowest BCUT2D eigenvalue weighted by atomic mass is 9.79. The molecule has 2 bridgehead atoms. The van der Waals surface area contributed by atoms with Gasteiger partial charge in [0.05, 0.1) is 31.2 Å². The maximum Gasteiger partial charge on any atom is 0.244 e. The highest BCUT2D eigenvalue weighted by Crippen LogP contribution is 2.49. The number of aryl methyl sites for hydroxylation is 1. The zero-order valence-electron chi connectivity index (χ0n) is 18.6. The summed E-state index contributed by atoms with van der Waals surface area (Å²) in [4.78, 5) is 15.7. The maximum absolute atomic E-state index is 13.8. The lowest BCUT2D eigenvalue weighted by molar-refractivity contribution is -0.150. The minimum Gasteiger partial charge on any atom is -0.497 e. The molecule has 0 saturated carbocycles. The zero-order valence-corrected chi connectivity index (χ0v) is 19.4. The molecule has 5 rings (SSSR count). The van der Waals surface area contributed by atoms with E-state index in [9.17, 15) is 13.2 Å². The molecule has 3 aliphatic heterocycles. The van der Waals surface area contributed by atoms with Crippen molar-refractivity contribution < 1.29 is 22.7 Å². The van der Waals surface area contributed by atoms with Crippen LogP contribution in [0.25, 0.3) is 0 Å². The van der Waals surface area contributed by atoms with Crippen molar-refractivity contribution in [3.8, 4) is 11.5 Å². The van der Waals surface area contributed by atoms with Crippen LogP contribution in [0.15, 0.2) is 41.3 Å². The number of sulfonamides is 1. The van der Waals surface area contributed by atoms with E-state index in [2.05, 4.69) is 0 Å². The van der Waals surface area contributed by atoms with Gasteiger partial charge in [0.15, 0.2) is 0 Å². The van der Waals surface area contributed by atoms with Crippen LogP contribution in [0.3, 0.4) is 0 Å². The topological polar surface area (TPSA) is 76.2 Å². The molecular weight excluding hydrogens is 428 g/mol. The number of hydrogen-bond acceptors (Lipinski definition) is 5. The van der Waals surface area contributed by atoms with Gasteiger partial charge in [-0.3, -0.25) is 4.79 Å². The number of carbonyl (C=O) groups is 1. The molecule has 3 atom stereocenters. The van der Waals surface area contributed by atoms with Gasteiger partial charge in [0.2, 0.25) is 15.9 Å². The minimum atomic E-state index is -3.84. The summed E-state index contributed by atoms with van der Waals surface area (Å²) < 4.78 is 40.3. The van der Waals surface area contributed by atoms with Crippen molar-refractivity contribution in [1.82, 2.24) is 9.21 Å². The highest BCUT2D eigenvalue weighted by molar-refractivity contribution is 7.89. The maximum atomic E-state index is 13.8. The number of piperidine rings is 1. The molecule has 0 aliphatic carbocycles. The number of hydrogen-bond donors (Lipinski definition) is 0. The summed E-state index contributed by atoms with van der Waals surface area (Å²) in [5, 5.41) is 0. The number of rotatable bonds is 4. The molecule has 32 heavy (non-hydrogen) atoms. The first-order valence-electron chi connectivity index (χ1n) is 11.0. The number of ether oxygens (including phenoxy) is 2. The Labute approximate surface area is 189 Å². The molecule has 2 aromatic carbocycles. The Morgan fingerprint density at radius 3 is 2.47 bits per heavy atom. The molecule has 170 valence electrons. The first-order valence-corrected chi connectivity index (χ1v) is 12.5. The van der Waals surface area contributed by atoms with Crippen LogP contribution >= 0.6 is 0 Å².